The molecule has 0 saturated carbocycles. The number of aliphatic hydroxyl groups is 1. The summed E-state index contributed by atoms with van der Waals surface area (Å²) < 4.78 is 0. The van der Waals surface area contributed by atoms with Crippen molar-refractivity contribution in [3.05, 3.63) is 10.6 Å². The Labute approximate surface area is 83.8 Å². The van der Waals surface area contributed by atoms with E-state index >= 15 is 0 Å². The van der Waals surface area contributed by atoms with Gasteiger partial charge in [-0.1, -0.05) is 23.2 Å². The SMILES string of the molecule is CC(C)N(CCO)CC(Cl)=CCl. The Balaban J connectivity index is 3.95. The van der Waals surface area contributed by atoms with Gasteiger partial charge in [0, 0.05) is 29.7 Å². The zero-order valence-corrected chi connectivity index (χ0v) is 8.94. The summed E-state index contributed by atoms with van der Waals surface area (Å²) in [4.78, 5) is 2.04. The summed E-state index contributed by atoms with van der Waals surface area (Å²) in [5, 5.41) is 9.33. The number of rotatable bonds is 5. The van der Waals surface area contributed by atoms with Crippen LogP contribution in [0.2, 0.25) is 0 Å². The van der Waals surface area contributed by atoms with Crippen molar-refractivity contribution in [2.24, 2.45) is 0 Å². The van der Waals surface area contributed by atoms with Gasteiger partial charge in [0.2, 0.25) is 0 Å². The Morgan fingerprint density at radius 3 is 2.50 bits per heavy atom. The van der Waals surface area contributed by atoms with Crippen molar-refractivity contribution in [1.29, 1.82) is 0 Å². The molecule has 0 aromatic carbocycles. The maximum atomic E-state index is 8.73. The third kappa shape index (κ3) is 4.99. The molecule has 0 unspecified atom stereocenters. The molecule has 2 nitrogen and oxygen atoms in total. The Morgan fingerprint density at radius 1 is 1.58 bits per heavy atom. The van der Waals surface area contributed by atoms with Crippen LogP contribution < -0.4 is 0 Å². The van der Waals surface area contributed by atoms with Gasteiger partial charge in [-0.2, -0.15) is 0 Å². The zero-order chi connectivity index (χ0) is 9.56. The van der Waals surface area contributed by atoms with Crippen molar-refractivity contribution in [2.75, 3.05) is 19.7 Å². The first-order valence-electron chi connectivity index (χ1n) is 3.91. The van der Waals surface area contributed by atoms with Crippen LogP contribution in [-0.2, 0) is 0 Å². The number of halogens is 2. The predicted octanol–water partition coefficient (Wildman–Crippen LogP) is 2.01. The van der Waals surface area contributed by atoms with E-state index in [4.69, 9.17) is 28.3 Å². The van der Waals surface area contributed by atoms with Gasteiger partial charge in [-0.15, -0.1) is 0 Å². The molecule has 4 heteroatoms. The van der Waals surface area contributed by atoms with E-state index in [9.17, 15) is 0 Å². The average molecular weight is 212 g/mol. The van der Waals surface area contributed by atoms with Gasteiger partial charge in [-0.3, -0.25) is 4.90 Å². The lowest BCUT2D eigenvalue weighted by molar-refractivity contribution is 0.179. The Kier molecular flexibility index (Phi) is 6.86. The van der Waals surface area contributed by atoms with Crippen molar-refractivity contribution < 1.29 is 5.11 Å². The molecule has 0 aromatic rings. The fourth-order valence-corrected chi connectivity index (χ4v) is 1.10. The number of nitrogens with zero attached hydrogens (tertiary/aromatic N) is 1. The van der Waals surface area contributed by atoms with E-state index in [-0.39, 0.29) is 6.61 Å². The maximum absolute atomic E-state index is 8.73. The minimum absolute atomic E-state index is 0.143. The summed E-state index contributed by atoms with van der Waals surface area (Å²) in [6, 6.07) is 0.363. The molecule has 0 aliphatic carbocycles. The third-order valence-corrected chi connectivity index (χ3v) is 2.19. The molecule has 0 spiro atoms. The van der Waals surface area contributed by atoms with Gasteiger partial charge in [0.25, 0.3) is 0 Å². The fraction of sp³-hybridized carbons (Fsp3) is 0.750. The van der Waals surface area contributed by atoms with Gasteiger partial charge in [-0.05, 0) is 13.8 Å². The fourth-order valence-electron chi connectivity index (χ4n) is 0.877. The lowest BCUT2D eigenvalue weighted by atomic mass is 10.3. The van der Waals surface area contributed by atoms with E-state index in [2.05, 4.69) is 0 Å². The highest BCUT2D eigenvalue weighted by Crippen LogP contribution is 2.08. The number of hydrogen-bond donors (Lipinski definition) is 1. The molecule has 0 saturated heterocycles. The van der Waals surface area contributed by atoms with Crippen LogP contribution in [-0.4, -0.2) is 35.7 Å². The van der Waals surface area contributed by atoms with Crippen molar-refractivity contribution in [3.63, 3.8) is 0 Å². The van der Waals surface area contributed by atoms with E-state index in [1.807, 2.05) is 18.7 Å². The lowest BCUT2D eigenvalue weighted by Crippen LogP contribution is -2.34. The van der Waals surface area contributed by atoms with Crippen LogP contribution in [0.5, 0.6) is 0 Å². The van der Waals surface area contributed by atoms with Crippen molar-refractivity contribution in [3.8, 4) is 0 Å². The quantitative estimate of drug-likeness (QED) is 0.753. The minimum Gasteiger partial charge on any atom is -0.395 e. The summed E-state index contributed by atoms with van der Waals surface area (Å²) in [7, 11) is 0. The van der Waals surface area contributed by atoms with Crippen LogP contribution in [0.25, 0.3) is 0 Å². The highest BCUT2D eigenvalue weighted by molar-refractivity contribution is 6.36. The van der Waals surface area contributed by atoms with Crippen LogP contribution in [0.15, 0.2) is 10.6 Å². The van der Waals surface area contributed by atoms with Crippen LogP contribution in [0.1, 0.15) is 13.8 Å². The second-order valence-electron chi connectivity index (χ2n) is 2.84. The van der Waals surface area contributed by atoms with E-state index in [0.29, 0.717) is 24.2 Å². The van der Waals surface area contributed by atoms with Crippen LogP contribution >= 0.6 is 23.2 Å². The van der Waals surface area contributed by atoms with Crippen LogP contribution in [0.4, 0.5) is 0 Å². The smallest absolute Gasteiger partial charge is 0.0558 e. The summed E-state index contributed by atoms with van der Waals surface area (Å²) in [5.41, 5.74) is 1.36. The number of hydrogen-bond acceptors (Lipinski definition) is 2. The zero-order valence-electron chi connectivity index (χ0n) is 7.43. The van der Waals surface area contributed by atoms with E-state index < -0.39 is 0 Å². The standard InChI is InChI=1S/C8H15Cl2NO/c1-7(2)11(3-4-12)6-8(10)5-9/h5,7,12H,3-4,6H2,1-2H3. The second-order valence-corrected chi connectivity index (χ2v) is 3.55. The van der Waals surface area contributed by atoms with Crippen molar-refractivity contribution in [1.82, 2.24) is 4.90 Å². The molecule has 0 aromatic heterocycles. The molecule has 1 N–H and O–H groups in total. The molecule has 0 heterocycles. The van der Waals surface area contributed by atoms with Gasteiger partial charge in [0.15, 0.2) is 0 Å². The highest BCUT2D eigenvalue weighted by atomic mass is 35.5. The topological polar surface area (TPSA) is 23.5 Å². The van der Waals surface area contributed by atoms with Gasteiger partial charge in [-0.25, -0.2) is 0 Å². The monoisotopic (exact) mass is 211 g/mol. The molecule has 0 radical (unpaired) electrons. The molecular formula is C8H15Cl2NO. The Bertz CT molecular complexity index is 148. The molecule has 0 amide bonds. The first-order valence-corrected chi connectivity index (χ1v) is 4.73. The third-order valence-electron chi connectivity index (χ3n) is 1.59. The molecule has 0 bridgehead atoms. The van der Waals surface area contributed by atoms with Crippen LogP contribution in [0, 0.1) is 0 Å². The first kappa shape index (κ1) is 12.2. The molecule has 12 heavy (non-hydrogen) atoms. The molecule has 0 aliphatic heterocycles. The molecule has 72 valence electrons. The Morgan fingerprint density at radius 2 is 2.17 bits per heavy atom. The maximum Gasteiger partial charge on any atom is 0.0558 e. The first-order chi connectivity index (χ1) is 5.61. The van der Waals surface area contributed by atoms with E-state index in [1.165, 1.54) is 5.54 Å². The summed E-state index contributed by atoms with van der Waals surface area (Å²) in [6.07, 6.45) is 0. The normalized spacial score (nSPS) is 13.1. The van der Waals surface area contributed by atoms with E-state index in [1.54, 1.807) is 0 Å². The molecule has 0 atom stereocenters. The molecular weight excluding hydrogens is 197 g/mol. The molecule has 0 aliphatic rings. The largest absolute Gasteiger partial charge is 0.395 e. The average Bonchev–Trinajstić information content (AvgIpc) is 2.03. The number of aliphatic hydroxyl groups excluding tert-OH is 1. The van der Waals surface area contributed by atoms with Crippen molar-refractivity contribution in [2.45, 2.75) is 19.9 Å². The molecule has 0 rings (SSSR count). The lowest BCUT2D eigenvalue weighted by Gasteiger charge is -2.24. The molecule has 0 fully saturated rings. The summed E-state index contributed by atoms with van der Waals surface area (Å²) in [5.74, 6) is 0. The van der Waals surface area contributed by atoms with Gasteiger partial charge in [0.05, 0.1) is 6.61 Å². The minimum atomic E-state index is 0.143. The van der Waals surface area contributed by atoms with E-state index in [0.717, 1.165) is 0 Å². The Hall–Kier alpha value is 0.240. The summed E-state index contributed by atoms with van der Waals surface area (Å²) >= 11 is 11.2. The van der Waals surface area contributed by atoms with Crippen LogP contribution in [0.3, 0.4) is 0 Å². The van der Waals surface area contributed by atoms with Gasteiger partial charge < -0.3 is 5.11 Å². The second kappa shape index (κ2) is 6.72. The van der Waals surface area contributed by atoms with Crippen molar-refractivity contribution >= 4 is 23.2 Å². The van der Waals surface area contributed by atoms with Gasteiger partial charge >= 0.3 is 0 Å². The van der Waals surface area contributed by atoms with Gasteiger partial charge in [0.1, 0.15) is 0 Å². The summed E-state index contributed by atoms with van der Waals surface area (Å²) in [6.45, 7) is 5.47. The predicted molar refractivity (Wildman–Crippen MR) is 53.6 cm³/mol. The highest BCUT2D eigenvalue weighted by Gasteiger charge is 2.09.